The molecule has 12 aromatic rings. The van der Waals surface area contributed by atoms with Crippen LogP contribution in [-0.2, 0) is 0 Å². The molecule has 2 heterocycles. The Kier molecular flexibility index (Phi) is 8.39. The van der Waals surface area contributed by atoms with Crippen LogP contribution in [-0.4, -0.2) is 9.97 Å². The number of nitrogens with zero attached hydrogens (tertiary/aromatic N) is 2. The molecule has 284 valence electrons. The van der Waals surface area contributed by atoms with Crippen LogP contribution in [0.5, 0.6) is 0 Å². The lowest BCUT2D eigenvalue weighted by Crippen LogP contribution is -1.96. The van der Waals surface area contributed by atoms with Gasteiger partial charge < -0.3 is 0 Å². The summed E-state index contributed by atoms with van der Waals surface area (Å²) in [4.78, 5) is 10.5. The molecule has 0 fully saturated rings. The molecule has 0 amide bonds. The average molecular weight is 793 g/mol. The second kappa shape index (κ2) is 14.5. The van der Waals surface area contributed by atoms with Crippen LogP contribution in [0.3, 0.4) is 0 Å². The zero-order valence-corrected chi connectivity index (χ0v) is 33.9. The molecule has 0 aliphatic rings. The topological polar surface area (TPSA) is 25.8 Å². The van der Waals surface area contributed by atoms with E-state index in [0.717, 1.165) is 39.2 Å². The molecule has 0 atom stereocenters. The van der Waals surface area contributed by atoms with E-state index < -0.39 is 0 Å². The van der Waals surface area contributed by atoms with E-state index >= 15 is 0 Å². The van der Waals surface area contributed by atoms with Crippen molar-refractivity contribution in [1.82, 2.24) is 9.97 Å². The first-order chi connectivity index (χ1) is 30.2. The monoisotopic (exact) mass is 792 g/mol. The van der Waals surface area contributed by atoms with E-state index in [4.69, 9.17) is 9.97 Å². The Morgan fingerprint density at radius 2 is 0.836 bits per heavy atom. The van der Waals surface area contributed by atoms with Crippen molar-refractivity contribution in [3.05, 3.63) is 218 Å². The molecule has 61 heavy (non-hydrogen) atoms. The Labute approximate surface area is 357 Å². The molecule has 3 heteroatoms. The molecule has 10 aromatic carbocycles. The van der Waals surface area contributed by atoms with Crippen LogP contribution in [0.4, 0.5) is 0 Å². The molecule has 12 rings (SSSR count). The fraction of sp³-hybridized carbons (Fsp3) is 0. The summed E-state index contributed by atoms with van der Waals surface area (Å²) in [5.41, 5.74) is 11.9. The van der Waals surface area contributed by atoms with Crippen molar-refractivity contribution in [2.75, 3.05) is 0 Å². The quantitative estimate of drug-likeness (QED) is 0.124. The van der Waals surface area contributed by atoms with E-state index in [0.29, 0.717) is 5.82 Å². The lowest BCUT2D eigenvalue weighted by atomic mass is 9.89. The van der Waals surface area contributed by atoms with Crippen LogP contribution in [0.2, 0.25) is 0 Å². The Balaban J connectivity index is 0.983. The van der Waals surface area contributed by atoms with E-state index in [1.165, 1.54) is 74.7 Å². The van der Waals surface area contributed by atoms with Crippen molar-refractivity contribution in [3.63, 3.8) is 0 Å². The van der Waals surface area contributed by atoms with Gasteiger partial charge in [0.25, 0.3) is 0 Å². The molecule has 0 saturated carbocycles. The van der Waals surface area contributed by atoms with Gasteiger partial charge in [0.05, 0.1) is 11.4 Å². The fourth-order valence-electron chi connectivity index (χ4n) is 9.02. The summed E-state index contributed by atoms with van der Waals surface area (Å²) >= 11 is 1.85. The van der Waals surface area contributed by atoms with Gasteiger partial charge in [0.15, 0.2) is 5.82 Å². The van der Waals surface area contributed by atoms with E-state index in [-0.39, 0.29) is 0 Å². The molecule has 2 aromatic heterocycles. The van der Waals surface area contributed by atoms with Crippen LogP contribution in [0.25, 0.3) is 120 Å². The lowest BCUT2D eigenvalue weighted by Gasteiger charge is -2.15. The van der Waals surface area contributed by atoms with Gasteiger partial charge in [-0.05, 0) is 102 Å². The number of fused-ring (bicyclic) bond motifs is 7. The Morgan fingerprint density at radius 1 is 0.262 bits per heavy atom. The summed E-state index contributed by atoms with van der Waals surface area (Å²) in [7, 11) is 0. The van der Waals surface area contributed by atoms with Gasteiger partial charge in [-0.15, -0.1) is 11.3 Å². The van der Waals surface area contributed by atoms with Gasteiger partial charge in [0.2, 0.25) is 0 Å². The number of rotatable bonds is 6. The van der Waals surface area contributed by atoms with E-state index in [2.05, 4.69) is 218 Å². The van der Waals surface area contributed by atoms with Gasteiger partial charge in [-0.3, -0.25) is 0 Å². The molecular weight excluding hydrogens is 757 g/mol. The SMILES string of the molecule is c1ccc(-c2ccc(-c3nc(-c4ccc(-c5c6ccccc6cc6c5ccc5ccccc56)cc4)cc(-c4cccc(-c5ccc6sc7ccccc7c6c5)c4)n3)cc2)cc1. The molecule has 0 aliphatic carbocycles. The normalized spacial score (nSPS) is 11.6. The number of thiophene rings is 1. The van der Waals surface area contributed by atoms with Gasteiger partial charge in [0.1, 0.15) is 0 Å². The minimum absolute atomic E-state index is 0.694. The third-order valence-corrected chi connectivity index (χ3v) is 13.2. The molecule has 0 N–H and O–H groups in total. The van der Waals surface area contributed by atoms with Crippen LogP contribution in [0, 0.1) is 0 Å². The maximum Gasteiger partial charge on any atom is 0.160 e. The maximum atomic E-state index is 5.27. The number of benzene rings is 10. The number of hydrogen-bond donors (Lipinski definition) is 0. The predicted octanol–water partition coefficient (Wildman–Crippen LogP) is 16.3. The Hall–Kier alpha value is -7.72. The van der Waals surface area contributed by atoms with Crippen LogP contribution in [0.15, 0.2) is 218 Å². The van der Waals surface area contributed by atoms with Gasteiger partial charge in [0, 0.05) is 36.9 Å². The molecule has 0 saturated heterocycles. The highest BCUT2D eigenvalue weighted by atomic mass is 32.1. The van der Waals surface area contributed by atoms with Crippen molar-refractivity contribution in [1.29, 1.82) is 0 Å². The first kappa shape index (κ1) is 35.2. The second-order valence-corrected chi connectivity index (χ2v) is 16.8. The van der Waals surface area contributed by atoms with Crippen LogP contribution >= 0.6 is 11.3 Å². The summed E-state index contributed by atoms with van der Waals surface area (Å²) in [6.07, 6.45) is 0. The molecule has 0 spiro atoms. The zero-order valence-electron chi connectivity index (χ0n) is 33.1. The van der Waals surface area contributed by atoms with E-state index in [1.807, 2.05) is 11.3 Å². The minimum Gasteiger partial charge on any atom is -0.228 e. The number of aromatic nitrogens is 2. The molecule has 0 unspecified atom stereocenters. The highest BCUT2D eigenvalue weighted by Gasteiger charge is 2.16. The minimum atomic E-state index is 0.694. The van der Waals surface area contributed by atoms with Gasteiger partial charge in [-0.1, -0.05) is 182 Å². The molecule has 2 nitrogen and oxygen atoms in total. The first-order valence-corrected chi connectivity index (χ1v) is 21.5. The molecule has 0 bridgehead atoms. The van der Waals surface area contributed by atoms with Gasteiger partial charge in [-0.2, -0.15) is 0 Å². The fourth-order valence-corrected chi connectivity index (χ4v) is 10.1. The van der Waals surface area contributed by atoms with Crippen molar-refractivity contribution >= 4 is 63.8 Å². The van der Waals surface area contributed by atoms with Crippen LogP contribution in [0.1, 0.15) is 0 Å². The smallest absolute Gasteiger partial charge is 0.160 e. The van der Waals surface area contributed by atoms with Crippen molar-refractivity contribution < 1.29 is 0 Å². The summed E-state index contributed by atoms with van der Waals surface area (Å²) in [6, 6.07) is 78.8. The Bertz CT molecular complexity index is 3620. The summed E-state index contributed by atoms with van der Waals surface area (Å²) in [6.45, 7) is 0. The third-order valence-electron chi connectivity index (χ3n) is 12.1. The first-order valence-electron chi connectivity index (χ1n) is 20.7. The molecule has 0 radical (unpaired) electrons. The molecular formula is C58H36N2S. The average Bonchev–Trinajstić information content (AvgIpc) is 3.72. The lowest BCUT2D eigenvalue weighted by molar-refractivity contribution is 1.18. The maximum absolute atomic E-state index is 5.27. The highest BCUT2D eigenvalue weighted by molar-refractivity contribution is 7.25. The van der Waals surface area contributed by atoms with Gasteiger partial charge in [-0.25, -0.2) is 9.97 Å². The summed E-state index contributed by atoms with van der Waals surface area (Å²) in [5.74, 6) is 0.694. The van der Waals surface area contributed by atoms with E-state index in [9.17, 15) is 0 Å². The summed E-state index contributed by atoms with van der Waals surface area (Å²) < 4.78 is 2.62. The van der Waals surface area contributed by atoms with Crippen molar-refractivity contribution in [3.8, 4) is 67.3 Å². The van der Waals surface area contributed by atoms with Crippen molar-refractivity contribution in [2.24, 2.45) is 0 Å². The highest BCUT2D eigenvalue weighted by Crippen LogP contribution is 2.41. The third kappa shape index (κ3) is 6.26. The molecule has 0 aliphatic heterocycles. The van der Waals surface area contributed by atoms with Crippen LogP contribution < -0.4 is 0 Å². The second-order valence-electron chi connectivity index (χ2n) is 15.7. The van der Waals surface area contributed by atoms with E-state index in [1.54, 1.807) is 0 Å². The zero-order chi connectivity index (χ0) is 40.3. The number of hydrogen-bond acceptors (Lipinski definition) is 3. The Morgan fingerprint density at radius 3 is 1.67 bits per heavy atom. The summed E-state index contributed by atoms with van der Waals surface area (Å²) in [5, 5.41) is 10.1. The standard InChI is InChI=1S/C58H36N2S/c1-2-11-37(12-3-1)38-21-27-42(28-22-38)58-59-53(36-54(60-58)46-16-10-15-43(33-46)44-30-32-56-52(34-44)49-19-8-9-20-55(49)61-56)40-23-25-41(26-24-40)57-48-18-7-5-14-45(48)35-51-47-17-6-4-13-39(47)29-31-50(51)57/h1-36H. The van der Waals surface area contributed by atoms with Gasteiger partial charge >= 0.3 is 0 Å². The largest absolute Gasteiger partial charge is 0.228 e. The van der Waals surface area contributed by atoms with Crippen molar-refractivity contribution in [2.45, 2.75) is 0 Å². The predicted molar refractivity (Wildman–Crippen MR) is 260 cm³/mol.